The molecule has 0 bridgehead atoms. The minimum Gasteiger partial charge on any atom is -0.230 e. The molecule has 0 atom stereocenters. The maximum Gasteiger partial charge on any atom is 0.804 e. The minimum absolute atomic E-state index is 0.944. The molecule has 0 aromatic carbocycles. The lowest BCUT2D eigenvalue weighted by atomic mass is 10.4. The van der Waals surface area contributed by atoms with Gasteiger partial charge in [-0.2, -0.15) is 0 Å². The zero-order valence-electron chi connectivity index (χ0n) is 7.83. The molecule has 0 aliphatic heterocycles. The largest absolute Gasteiger partial charge is 0.804 e. The molecule has 0 N–H and O–H groups in total. The molecule has 12 heavy (non-hydrogen) atoms. The Labute approximate surface area is 74.0 Å². The van der Waals surface area contributed by atoms with Gasteiger partial charge >= 0.3 is 8.25 Å². The first kappa shape index (κ1) is 11.2. The third-order valence-corrected chi connectivity index (χ3v) is 1.30. The molecular weight excluding hydrogens is 175 g/mol. The lowest BCUT2D eigenvalue weighted by molar-refractivity contribution is 0.352. The van der Waals surface area contributed by atoms with E-state index >= 15 is 0 Å². The van der Waals surface area contributed by atoms with Crippen molar-refractivity contribution in [1.29, 1.82) is 0 Å². The molecule has 0 amide bonds. The first-order chi connectivity index (χ1) is 5.52. The van der Waals surface area contributed by atoms with E-state index in [1.54, 1.807) is 0 Å². The van der Waals surface area contributed by atoms with Gasteiger partial charge in [-0.25, -0.2) is 9.05 Å². The minimum atomic E-state index is -2.05. The first-order valence-electron chi connectivity index (χ1n) is 3.60. The van der Waals surface area contributed by atoms with Gasteiger partial charge in [0.2, 0.25) is 0 Å². The van der Waals surface area contributed by atoms with Crippen LogP contribution in [0.4, 0.5) is 0 Å². The molecule has 0 unspecified atom stereocenters. The van der Waals surface area contributed by atoms with E-state index in [0.717, 1.165) is 11.1 Å². The van der Waals surface area contributed by atoms with Crippen molar-refractivity contribution < 1.29 is 13.6 Å². The highest BCUT2D eigenvalue weighted by Crippen LogP contribution is 2.25. The second-order valence-electron chi connectivity index (χ2n) is 2.82. The van der Waals surface area contributed by atoms with E-state index in [1.807, 2.05) is 27.7 Å². The van der Waals surface area contributed by atoms with Crippen LogP contribution in [0.25, 0.3) is 0 Å². The smallest absolute Gasteiger partial charge is 0.230 e. The van der Waals surface area contributed by atoms with Gasteiger partial charge in [-0.3, -0.25) is 0 Å². The average molecular weight is 189 g/mol. The Balaban J connectivity index is 3.76. The molecule has 68 valence electrons. The van der Waals surface area contributed by atoms with E-state index in [9.17, 15) is 4.57 Å². The van der Waals surface area contributed by atoms with Crippen molar-refractivity contribution in [2.75, 3.05) is 0 Å². The second kappa shape index (κ2) is 5.78. The van der Waals surface area contributed by atoms with E-state index in [0.29, 0.717) is 0 Å². The Morgan fingerprint density at radius 2 is 1.33 bits per heavy atom. The predicted molar refractivity (Wildman–Crippen MR) is 48.6 cm³/mol. The fourth-order valence-electron chi connectivity index (χ4n) is 0.322. The fourth-order valence-corrected chi connectivity index (χ4v) is 0.965. The molecule has 0 saturated carbocycles. The van der Waals surface area contributed by atoms with Crippen LogP contribution in [0.2, 0.25) is 0 Å². The number of rotatable bonds is 4. The highest BCUT2D eigenvalue weighted by Gasteiger charge is 2.17. The maximum absolute atomic E-state index is 10.9. The average Bonchev–Trinajstić information content (AvgIpc) is 1.96. The lowest BCUT2D eigenvalue weighted by Crippen LogP contribution is -1.73. The van der Waals surface area contributed by atoms with Crippen molar-refractivity contribution >= 4 is 8.25 Å². The number of hydrogen-bond acceptors (Lipinski definition) is 3. The van der Waals surface area contributed by atoms with Crippen molar-refractivity contribution in [3.05, 3.63) is 23.7 Å². The molecule has 0 fully saturated rings. The van der Waals surface area contributed by atoms with Crippen LogP contribution in [0.3, 0.4) is 0 Å². The van der Waals surface area contributed by atoms with Crippen LogP contribution in [0.15, 0.2) is 23.7 Å². The molecule has 0 saturated heterocycles. The monoisotopic (exact) mass is 189 g/mol. The van der Waals surface area contributed by atoms with Crippen molar-refractivity contribution in [2.45, 2.75) is 27.7 Å². The molecule has 0 radical (unpaired) electrons. The SMILES string of the molecule is CC(C)=CO[P+](=O)OC=C(C)C. The third kappa shape index (κ3) is 7.29. The van der Waals surface area contributed by atoms with Crippen molar-refractivity contribution in [3.63, 3.8) is 0 Å². The Bertz CT molecular complexity index is 188. The highest BCUT2D eigenvalue weighted by atomic mass is 31.1. The zero-order valence-corrected chi connectivity index (χ0v) is 8.72. The molecule has 0 aromatic heterocycles. The molecular formula is C8H14O3P+. The first-order valence-corrected chi connectivity index (χ1v) is 4.69. The van der Waals surface area contributed by atoms with Crippen molar-refractivity contribution in [3.8, 4) is 0 Å². The summed E-state index contributed by atoms with van der Waals surface area (Å²) < 4.78 is 20.3. The number of hydrogen-bond donors (Lipinski definition) is 0. The summed E-state index contributed by atoms with van der Waals surface area (Å²) in [5, 5.41) is 0. The van der Waals surface area contributed by atoms with Crippen LogP contribution in [0.5, 0.6) is 0 Å². The summed E-state index contributed by atoms with van der Waals surface area (Å²) in [5.41, 5.74) is 1.89. The standard InChI is InChI=1S/C8H14O3P/c1-7(2)5-10-12(9)11-6-8(3)4/h5-6H,1-4H3/q+1. The molecule has 3 nitrogen and oxygen atoms in total. The molecule has 0 rings (SSSR count). The summed E-state index contributed by atoms with van der Waals surface area (Å²) in [5.74, 6) is 0. The summed E-state index contributed by atoms with van der Waals surface area (Å²) in [6.07, 6.45) is 2.83. The molecule has 4 heteroatoms. The van der Waals surface area contributed by atoms with Gasteiger partial charge in [0.1, 0.15) is 0 Å². The van der Waals surface area contributed by atoms with E-state index in [-0.39, 0.29) is 0 Å². The maximum atomic E-state index is 10.9. The topological polar surface area (TPSA) is 35.5 Å². The zero-order chi connectivity index (χ0) is 9.56. The Morgan fingerprint density at radius 3 is 1.58 bits per heavy atom. The molecule has 0 aliphatic carbocycles. The molecule has 0 spiro atoms. The summed E-state index contributed by atoms with van der Waals surface area (Å²) >= 11 is 0. The Kier molecular flexibility index (Phi) is 5.39. The molecule has 0 aromatic rings. The van der Waals surface area contributed by atoms with Crippen LogP contribution in [-0.4, -0.2) is 0 Å². The molecule has 0 heterocycles. The van der Waals surface area contributed by atoms with Crippen molar-refractivity contribution in [2.24, 2.45) is 0 Å². The van der Waals surface area contributed by atoms with E-state index in [1.165, 1.54) is 12.5 Å². The van der Waals surface area contributed by atoms with Crippen LogP contribution < -0.4 is 0 Å². The molecule has 0 aliphatic rings. The lowest BCUT2D eigenvalue weighted by Gasteiger charge is -1.84. The van der Waals surface area contributed by atoms with Gasteiger partial charge in [0.05, 0.1) is 0 Å². The highest BCUT2D eigenvalue weighted by molar-refractivity contribution is 7.33. The van der Waals surface area contributed by atoms with Crippen LogP contribution in [0.1, 0.15) is 27.7 Å². The van der Waals surface area contributed by atoms with Gasteiger partial charge in [0, 0.05) is 4.57 Å². The summed E-state index contributed by atoms with van der Waals surface area (Å²) in [4.78, 5) is 0. The number of allylic oxidation sites excluding steroid dienone is 2. The van der Waals surface area contributed by atoms with E-state index < -0.39 is 8.25 Å². The van der Waals surface area contributed by atoms with Crippen molar-refractivity contribution in [1.82, 2.24) is 0 Å². The van der Waals surface area contributed by atoms with E-state index in [4.69, 9.17) is 9.05 Å². The van der Waals surface area contributed by atoms with Gasteiger partial charge in [-0.15, -0.1) is 0 Å². The quantitative estimate of drug-likeness (QED) is 0.501. The van der Waals surface area contributed by atoms with Gasteiger partial charge in [0.15, 0.2) is 12.5 Å². The third-order valence-electron chi connectivity index (χ3n) is 0.749. The summed E-state index contributed by atoms with van der Waals surface area (Å²) in [6.45, 7) is 7.41. The van der Waals surface area contributed by atoms with Crippen LogP contribution in [0, 0.1) is 0 Å². The summed E-state index contributed by atoms with van der Waals surface area (Å²) in [6, 6.07) is 0. The second-order valence-corrected chi connectivity index (χ2v) is 3.69. The predicted octanol–water partition coefficient (Wildman–Crippen LogP) is 3.52. The van der Waals surface area contributed by atoms with Gasteiger partial charge in [-0.05, 0) is 38.8 Å². The van der Waals surface area contributed by atoms with Gasteiger partial charge in [0.25, 0.3) is 0 Å². The van der Waals surface area contributed by atoms with Crippen LogP contribution in [-0.2, 0) is 13.6 Å². The summed E-state index contributed by atoms with van der Waals surface area (Å²) in [7, 11) is -2.05. The van der Waals surface area contributed by atoms with Gasteiger partial charge < -0.3 is 0 Å². The fraction of sp³-hybridized carbons (Fsp3) is 0.500. The Morgan fingerprint density at radius 1 is 1.00 bits per heavy atom. The van der Waals surface area contributed by atoms with Crippen LogP contribution >= 0.6 is 8.25 Å². The van der Waals surface area contributed by atoms with E-state index in [2.05, 4.69) is 0 Å². The Hall–Kier alpha value is -0.820. The van der Waals surface area contributed by atoms with Gasteiger partial charge in [-0.1, -0.05) is 0 Å². The normalized spacial score (nSPS) is 8.33.